The third kappa shape index (κ3) is 5.34. The maximum Gasteiger partial charge on any atom is 0.344 e. The lowest BCUT2D eigenvalue weighted by Gasteiger charge is -2.63. The Bertz CT molecular complexity index is 2270. The molecule has 13 nitrogen and oxygen atoms in total. The van der Waals surface area contributed by atoms with Crippen LogP contribution < -0.4 is 9.64 Å². The number of methoxy groups -OCH3 is 3. The molecule has 3 fully saturated rings. The third-order valence-corrected chi connectivity index (χ3v) is 15.8. The molecule has 3 unspecified atom stereocenters. The number of H-pyrrole nitrogens is 1. The minimum atomic E-state index is -2.30. The van der Waals surface area contributed by atoms with Crippen LogP contribution in [0.5, 0.6) is 5.75 Å². The van der Waals surface area contributed by atoms with Gasteiger partial charge in [0.25, 0.3) is 0 Å². The Labute approximate surface area is 352 Å². The number of benzene rings is 2. The molecule has 1 aromatic heterocycles. The Balaban J connectivity index is 1.37. The highest BCUT2D eigenvalue weighted by Crippen LogP contribution is 2.68. The summed E-state index contributed by atoms with van der Waals surface area (Å²) in [6.45, 7) is 8.77. The van der Waals surface area contributed by atoms with Crippen LogP contribution in [0.1, 0.15) is 81.7 Å². The van der Waals surface area contributed by atoms with Gasteiger partial charge in [0.15, 0.2) is 6.10 Å². The zero-order valence-electron chi connectivity index (χ0n) is 36.0. The second-order valence-electron chi connectivity index (χ2n) is 18.6. The molecule has 0 radical (unpaired) electrons. The maximum absolute atomic E-state index is 15.4. The first-order valence-corrected chi connectivity index (χ1v) is 21.7. The highest BCUT2D eigenvalue weighted by atomic mass is 16.6. The van der Waals surface area contributed by atoms with E-state index >= 15 is 4.79 Å². The van der Waals surface area contributed by atoms with E-state index in [0.717, 1.165) is 46.4 Å². The van der Waals surface area contributed by atoms with E-state index in [-0.39, 0.29) is 12.0 Å². The molecule has 6 heterocycles. The van der Waals surface area contributed by atoms with Gasteiger partial charge in [0.2, 0.25) is 5.60 Å². The average Bonchev–Trinajstić information content (AvgIpc) is 3.90. The molecule has 1 saturated carbocycles. The number of fused-ring (bicyclic) bond motifs is 6. The normalized spacial score (nSPS) is 36.8. The number of esters is 3. The first kappa shape index (κ1) is 40.9. The Morgan fingerprint density at radius 2 is 1.72 bits per heavy atom. The summed E-state index contributed by atoms with van der Waals surface area (Å²) >= 11 is 0. The highest BCUT2D eigenvalue weighted by molar-refractivity contribution is 5.95. The molecule has 2 bridgehead atoms. The summed E-state index contributed by atoms with van der Waals surface area (Å²) in [5, 5.41) is 26.4. The van der Waals surface area contributed by atoms with Crippen molar-refractivity contribution in [3.63, 3.8) is 0 Å². The van der Waals surface area contributed by atoms with Crippen LogP contribution in [-0.4, -0.2) is 133 Å². The van der Waals surface area contributed by atoms with E-state index in [2.05, 4.69) is 39.1 Å². The van der Waals surface area contributed by atoms with Crippen molar-refractivity contribution in [2.24, 2.45) is 11.3 Å². The summed E-state index contributed by atoms with van der Waals surface area (Å²) in [5.74, 6) is -1.56. The van der Waals surface area contributed by atoms with E-state index in [4.69, 9.17) is 18.9 Å². The summed E-state index contributed by atoms with van der Waals surface area (Å²) in [6.07, 6.45) is 6.84. The number of para-hydroxylation sites is 1. The maximum atomic E-state index is 15.4. The van der Waals surface area contributed by atoms with Crippen LogP contribution in [0, 0.1) is 11.3 Å². The fourth-order valence-corrected chi connectivity index (χ4v) is 13.7. The first-order chi connectivity index (χ1) is 28.7. The van der Waals surface area contributed by atoms with Gasteiger partial charge in [-0.05, 0) is 87.2 Å². The van der Waals surface area contributed by atoms with Crippen molar-refractivity contribution < 1.29 is 43.5 Å². The van der Waals surface area contributed by atoms with Crippen LogP contribution in [0.15, 0.2) is 48.6 Å². The SMILES string of the molecule is CC[C@]1(O)C[C@H]2CN(CCCc3c([nH]c4ccccc34)[C@@](C(=O)OC)(c3cc4c(cc3OC)N(C)C3[C@]45CCN4CC=C[C@](CC)(C45)[C@@H](OC(C)=O)[C@]3(O)C(=O)OC)C2)C1. The van der Waals surface area contributed by atoms with Crippen LogP contribution >= 0.6 is 0 Å². The van der Waals surface area contributed by atoms with E-state index in [0.29, 0.717) is 76.0 Å². The van der Waals surface area contributed by atoms with E-state index in [1.165, 1.54) is 21.1 Å². The van der Waals surface area contributed by atoms with Gasteiger partial charge < -0.3 is 43.9 Å². The molecule has 10 atom stereocenters. The lowest BCUT2D eigenvalue weighted by molar-refractivity contribution is -0.228. The molecule has 1 spiro atoms. The van der Waals surface area contributed by atoms with Crippen LogP contribution in [0.3, 0.4) is 0 Å². The van der Waals surface area contributed by atoms with Crippen LogP contribution in [0.2, 0.25) is 0 Å². The lowest BCUT2D eigenvalue weighted by atomic mass is 9.47. The summed E-state index contributed by atoms with van der Waals surface area (Å²) in [6, 6.07) is 11.0. The number of aryl methyl sites for hydroxylation is 1. The molecule has 9 rings (SSSR count). The number of hydrogen-bond acceptors (Lipinski definition) is 12. The fraction of sp³-hybridized carbons (Fsp3) is 0.596. The molecule has 13 heteroatoms. The van der Waals surface area contributed by atoms with Gasteiger partial charge in [0, 0.05) is 84.4 Å². The highest BCUT2D eigenvalue weighted by Gasteiger charge is 2.80. The number of aromatic nitrogens is 1. The molecule has 2 saturated heterocycles. The van der Waals surface area contributed by atoms with Crippen LogP contribution in [0.25, 0.3) is 10.9 Å². The molecule has 2 aromatic carbocycles. The number of carbonyl (C=O) groups is 3. The number of piperidine rings is 1. The van der Waals surface area contributed by atoms with Gasteiger partial charge >= 0.3 is 17.9 Å². The fourth-order valence-electron chi connectivity index (χ4n) is 13.7. The third-order valence-electron chi connectivity index (χ3n) is 15.8. The number of ether oxygens (including phenoxy) is 4. The lowest BCUT2D eigenvalue weighted by Crippen LogP contribution is -2.81. The molecule has 322 valence electrons. The van der Waals surface area contributed by atoms with Crippen molar-refractivity contribution in [3.8, 4) is 5.75 Å². The van der Waals surface area contributed by atoms with E-state index in [9.17, 15) is 19.8 Å². The molecule has 3 aromatic rings. The molecule has 1 aliphatic carbocycles. The number of rotatable bonds is 7. The molecule has 3 N–H and O–H groups in total. The van der Waals surface area contributed by atoms with Crippen LogP contribution in [-0.2, 0) is 45.8 Å². The quantitative estimate of drug-likeness (QED) is 0.176. The second-order valence-corrected chi connectivity index (χ2v) is 18.6. The number of anilines is 1. The van der Waals surface area contributed by atoms with E-state index in [1.807, 2.05) is 50.1 Å². The number of hydrogen-bond donors (Lipinski definition) is 3. The number of nitrogens with one attached hydrogen (secondary N) is 1. The average molecular weight is 825 g/mol. The minimum Gasteiger partial charge on any atom is -0.496 e. The number of likely N-dealkylation sites (N-methyl/N-ethyl adjacent to an activating group) is 1. The van der Waals surface area contributed by atoms with Gasteiger partial charge in [0.05, 0.1) is 33.0 Å². The van der Waals surface area contributed by atoms with Gasteiger partial charge in [-0.25, -0.2) is 4.79 Å². The molecular weight excluding hydrogens is 765 g/mol. The van der Waals surface area contributed by atoms with Crippen molar-refractivity contribution in [1.29, 1.82) is 0 Å². The number of aliphatic hydroxyl groups is 2. The minimum absolute atomic E-state index is 0.103. The number of nitrogens with zero attached hydrogens (tertiary/aromatic N) is 3. The summed E-state index contributed by atoms with van der Waals surface area (Å²) in [7, 11) is 6.17. The summed E-state index contributed by atoms with van der Waals surface area (Å²) in [5.41, 5.74) is -1.58. The zero-order chi connectivity index (χ0) is 42.6. The largest absolute Gasteiger partial charge is 0.496 e. The van der Waals surface area contributed by atoms with Crippen molar-refractivity contribution in [1.82, 2.24) is 14.8 Å². The predicted octanol–water partition coefficient (Wildman–Crippen LogP) is 4.38. The summed E-state index contributed by atoms with van der Waals surface area (Å²) < 4.78 is 24.0. The molecule has 6 aliphatic rings. The predicted molar refractivity (Wildman–Crippen MR) is 225 cm³/mol. The van der Waals surface area contributed by atoms with Gasteiger partial charge in [-0.3, -0.25) is 14.5 Å². The molecular formula is C47H60N4O9. The topological polar surface area (TPSA) is 154 Å². The Hall–Kier alpha value is -4.43. The van der Waals surface area contributed by atoms with Crippen molar-refractivity contribution >= 4 is 34.5 Å². The van der Waals surface area contributed by atoms with Crippen molar-refractivity contribution in [3.05, 3.63) is 70.9 Å². The molecule has 60 heavy (non-hydrogen) atoms. The van der Waals surface area contributed by atoms with Crippen molar-refractivity contribution in [2.45, 2.75) is 106 Å². The van der Waals surface area contributed by atoms with E-state index in [1.54, 1.807) is 7.11 Å². The summed E-state index contributed by atoms with van der Waals surface area (Å²) in [4.78, 5) is 53.3. The van der Waals surface area contributed by atoms with Gasteiger partial charge in [-0.2, -0.15) is 0 Å². The van der Waals surface area contributed by atoms with Gasteiger partial charge in [-0.1, -0.05) is 44.2 Å². The standard InChI is InChI=1S/C47H60N4O9/c1-8-43(55)24-29-25-46(41(53)58-6,37-31(15-12-19-50(26-29)27-43)30-14-10-11-16-34(30)48-37)33-22-32-35(23-36(33)57-5)49(4)39-45(32)18-21-51-20-13-17-44(9-2,38(45)51)40(60-28(3)52)47(39,56)42(54)59-7/h10-11,13-14,16-17,22-23,29,38-40,48,55-56H,8-9,12,15,18-21,24-27H2,1-7H3/t29-,38?,39?,40-,43+,44-,45-,46+,47+/m1/s1. The van der Waals surface area contributed by atoms with Crippen LogP contribution in [0.4, 0.5) is 5.69 Å². The number of aromatic amines is 1. The monoisotopic (exact) mass is 824 g/mol. The Kier molecular flexibility index (Phi) is 9.77. The van der Waals surface area contributed by atoms with Crippen molar-refractivity contribution in [2.75, 3.05) is 66.0 Å². The van der Waals surface area contributed by atoms with E-state index < -0.39 is 57.5 Å². The smallest absolute Gasteiger partial charge is 0.344 e. The first-order valence-electron chi connectivity index (χ1n) is 21.7. The zero-order valence-corrected chi connectivity index (χ0v) is 36.0. The molecule has 0 amide bonds. The Morgan fingerprint density at radius 1 is 0.950 bits per heavy atom. The Morgan fingerprint density at radius 3 is 2.42 bits per heavy atom. The second kappa shape index (κ2) is 14.3. The number of carbonyl (C=O) groups excluding carboxylic acids is 3. The van der Waals surface area contributed by atoms with Gasteiger partial charge in [0.1, 0.15) is 11.2 Å². The molecule has 5 aliphatic heterocycles. The van der Waals surface area contributed by atoms with Gasteiger partial charge in [-0.15, -0.1) is 0 Å².